The molecule has 0 spiro atoms. The van der Waals surface area contributed by atoms with Crippen LogP contribution in [0.4, 0.5) is 11.5 Å². The summed E-state index contributed by atoms with van der Waals surface area (Å²) in [7, 11) is 0. The highest BCUT2D eigenvalue weighted by molar-refractivity contribution is 5.69. The van der Waals surface area contributed by atoms with Crippen molar-refractivity contribution in [1.29, 1.82) is 0 Å². The minimum absolute atomic E-state index is 0.0459. The summed E-state index contributed by atoms with van der Waals surface area (Å²) in [4.78, 5) is 21.6. The van der Waals surface area contributed by atoms with Crippen molar-refractivity contribution in [2.24, 2.45) is 5.92 Å². The molecule has 8 heteroatoms. The monoisotopic (exact) mass is 282 g/mol. The summed E-state index contributed by atoms with van der Waals surface area (Å²) in [6.07, 6.45) is 1.87. The number of carboxylic acid groups (broad SMARTS) is 1. The van der Waals surface area contributed by atoms with E-state index in [9.17, 15) is 14.9 Å². The molecule has 0 amide bonds. The van der Waals surface area contributed by atoms with Gasteiger partial charge in [-0.15, -0.1) is 0 Å². The molecule has 1 aliphatic rings. The van der Waals surface area contributed by atoms with Gasteiger partial charge in [0.1, 0.15) is 5.69 Å². The topological polar surface area (TPSA) is 110 Å². The summed E-state index contributed by atoms with van der Waals surface area (Å²) in [6.45, 7) is 3.91. The van der Waals surface area contributed by atoms with Crippen molar-refractivity contribution >= 4 is 17.5 Å². The van der Waals surface area contributed by atoms with Crippen LogP contribution in [0.2, 0.25) is 0 Å². The van der Waals surface area contributed by atoms with Gasteiger partial charge in [0.05, 0.1) is 11.3 Å². The van der Waals surface area contributed by atoms with Crippen molar-refractivity contribution in [2.75, 3.05) is 5.32 Å². The molecule has 1 saturated carbocycles. The lowest BCUT2D eigenvalue weighted by Gasteiger charge is -2.17. The molecule has 110 valence electrons. The summed E-state index contributed by atoms with van der Waals surface area (Å²) in [5, 5.41) is 27.3. The Hall–Kier alpha value is -2.12. The average Bonchev–Trinajstić information content (AvgIpc) is 3.13. The van der Waals surface area contributed by atoms with E-state index in [0.717, 1.165) is 12.8 Å². The number of anilines is 1. The van der Waals surface area contributed by atoms with Crippen molar-refractivity contribution in [3.8, 4) is 0 Å². The predicted molar refractivity (Wildman–Crippen MR) is 71.7 cm³/mol. The Kier molecular flexibility index (Phi) is 3.91. The summed E-state index contributed by atoms with van der Waals surface area (Å²) in [6, 6.07) is -0.285. The number of carboxylic acids is 1. The zero-order valence-corrected chi connectivity index (χ0v) is 11.5. The fourth-order valence-corrected chi connectivity index (χ4v) is 2.36. The largest absolute Gasteiger partial charge is 0.481 e. The second kappa shape index (κ2) is 5.48. The highest BCUT2D eigenvalue weighted by Gasteiger charge is 2.35. The molecule has 0 bridgehead atoms. The third kappa shape index (κ3) is 2.89. The van der Waals surface area contributed by atoms with E-state index in [4.69, 9.17) is 5.11 Å². The Balaban J connectivity index is 2.30. The zero-order valence-electron chi connectivity index (χ0n) is 11.5. The summed E-state index contributed by atoms with van der Waals surface area (Å²) in [5.41, 5.74) is 0.270. The van der Waals surface area contributed by atoms with Crippen molar-refractivity contribution < 1.29 is 14.8 Å². The first kappa shape index (κ1) is 14.3. The van der Waals surface area contributed by atoms with E-state index in [1.807, 2.05) is 6.92 Å². The number of hydrogen-bond donors (Lipinski definition) is 2. The van der Waals surface area contributed by atoms with Crippen LogP contribution >= 0.6 is 0 Å². The Morgan fingerprint density at radius 3 is 2.75 bits per heavy atom. The average molecular weight is 282 g/mol. The lowest BCUT2D eigenvalue weighted by Crippen LogP contribution is -2.27. The van der Waals surface area contributed by atoms with E-state index in [-0.39, 0.29) is 24.1 Å². The summed E-state index contributed by atoms with van der Waals surface area (Å²) < 4.78 is 1.52. The van der Waals surface area contributed by atoms with Crippen LogP contribution in [-0.2, 0) is 11.3 Å². The highest BCUT2D eigenvalue weighted by atomic mass is 16.6. The molecule has 2 N–H and O–H groups in total. The zero-order chi connectivity index (χ0) is 14.9. The number of aromatic nitrogens is 2. The Morgan fingerprint density at radius 2 is 2.30 bits per heavy atom. The number of rotatable bonds is 7. The number of aliphatic carboxylic acids is 1. The minimum Gasteiger partial charge on any atom is -0.481 e. The van der Waals surface area contributed by atoms with Gasteiger partial charge < -0.3 is 10.4 Å². The van der Waals surface area contributed by atoms with Crippen LogP contribution in [0.5, 0.6) is 0 Å². The maximum Gasteiger partial charge on any atom is 0.333 e. The number of aryl methyl sites for hydroxylation is 2. The van der Waals surface area contributed by atoms with Gasteiger partial charge in [-0.05, 0) is 32.6 Å². The van der Waals surface area contributed by atoms with Gasteiger partial charge in [0.25, 0.3) is 0 Å². The van der Waals surface area contributed by atoms with Gasteiger partial charge in [-0.3, -0.25) is 14.9 Å². The fraction of sp³-hybridized carbons (Fsp3) is 0.667. The molecule has 20 heavy (non-hydrogen) atoms. The van der Waals surface area contributed by atoms with Crippen molar-refractivity contribution in [2.45, 2.75) is 45.7 Å². The Bertz CT molecular complexity index is 536. The van der Waals surface area contributed by atoms with Gasteiger partial charge in [0.2, 0.25) is 5.82 Å². The van der Waals surface area contributed by atoms with Crippen LogP contribution in [0, 0.1) is 23.0 Å². The molecule has 0 aromatic carbocycles. The second-order valence-corrected chi connectivity index (χ2v) is 5.04. The van der Waals surface area contributed by atoms with Gasteiger partial charge in [-0.25, -0.2) is 4.68 Å². The van der Waals surface area contributed by atoms with Crippen LogP contribution < -0.4 is 5.32 Å². The molecule has 1 atom stereocenters. The molecule has 1 aliphatic carbocycles. The van der Waals surface area contributed by atoms with Gasteiger partial charge in [0.15, 0.2) is 0 Å². The van der Waals surface area contributed by atoms with Gasteiger partial charge in [0, 0.05) is 12.6 Å². The Morgan fingerprint density at radius 1 is 1.65 bits per heavy atom. The first-order valence-corrected chi connectivity index (χ1v) is 6.64. The number of nitrogens with one attached hydrogen (secondary N) is 1. The smallest absolute Gasteiger partial charge is 0.333 e. The van der Waals surface area contributed by atoms with Gasteiger partial charge in [-0.2, -0.15) is 5.10 Å². The first-order valence-electron chi connectivity index (χ1n) is 6.64. The minimum atomic E-state index is -0.906. The molecular weight excluding hydrogens is 264 g/mol. The molecule has 1 unspecified atom stereocenters. The number of nitrogens with zero attached hydrogens (tertiary/aromatic N) is 3. The van der Waals surface area contributed by atoms with Gasteiger partial charge >= 0.3 is 11.7 Å². The van der Waals surface area contributed by atoms with Crippen LogP contribution in [0.25, 0.3) is 0 Å². The van der Waals surface area contributed by atoms with Crippen LogP contribution in [-0.4, -0.2) is 31.8 Å². The lowest BCUT2D eigenvalue weighted by atomic mass is 10.1. The molecule has 1 aromatic rings. The highest BCUT2D eigenvalue weighted by Crippen LogP contribution is 2.38. The van der Waals surface area contributed by atoms with E-state index in [1.54, 1.807) is 6.92 Å². The maximum absolute atomic E-state index is 11.2. The van der Waals surface area contributed by atoms with E-state index in [1.165, 1.54) is 4.68 Å². The molecule has 2 rings (SSSR count). The van der Waals surface area contributed by atoms with Crippen molar-refractivity contribution in [3.05, 3.63) is 15.8 Å². The SMILES string of the molecule is CCn1nc(C)c([N+](=O)[O-])c1NC(CC(=O)O)C1CC1. The predicted octanol–water partition coefficient (Wildman–Crippen LogP) is 1.78. The van der Waals surface area contributed by atoms with Crippen LogP contribution in [0.15, 0.2) is 0 Å². The first-order chi connectivity index (χ1) is 9.43. The van der Waals surface area contributed by atoms with Crippen LogP contribution in [0.3, 0.4) is 0 Å². The quantitative estimate of drug-likeness (QED) is 0.582. The normalized spacial score (nSPS) is 15.9. The summed E-state index contributed by atoms with van der Waals surface area (Å²) in [5.74, 6) is -0.323. The molecular formula is C12H18N4O4. The van der Waals surface area contributed by atoms with E-state index in [0.29, 0.717) is 18.1 Å². The fourth-order valence-electron chi connectivity index (χ4n) is 2.36. The summed E-state index contributed by atoms with van der Waals surface area (Å²) >= 11 is 0. The van der Waals surface area contributed by atoms with Gasteiger partial charge in [-0.1, -0.05) is 0 Å². The molecule has 8 nitrogen and oxygen atoms in total. The molecule has 0 aliphatic heterocycles. The standard InChI is InChI=1S/C12H18N4O4/c1-3-15-12(11(16(19)20)7(2)14-15)13-9(6-10(17)18)8-4-5-8/h8-9,13H,3-6H2,1-2H3,(H,17,18). The third-order valence-corrected chi connectivity index (χ3v) is 3.49. The molecule has 0 radical (unpaired) electrons. The number of hydrogen-bond acceptors (Lipinski definition) is 5. The van der Waals surface area contributed by atoms with E-state index >= 15 is 0 Å². The molecule has 1 heterocycles. The van der Waals surface area contributed by atoms with Crippen molar-refractivity contribution in [3.63, 3.8) is 0 Å². The molecule has 1 aromatic heterocycles. The number of carbonyl (C=O) groups is 1. The maximum atomic E-state index is 11.2. The Labute approximate surface area is 115 Å². The molecule has 1 fully saturated rings. The second-order valence-electron chi connectivity index (χ2n) is 5.04. The van der Waals surface area contributed by atoms with Crippen LogP contribution in [0.1, 0.15) is 31.9 Å². The van der Waals surface area contributed by atoms with E-state index in [2.05, 4.69) is 10.4 Å². The number of nitro groups is 1. The lowest BCUT2D eigenvalue weighted by molar-refractivity contribution is -0.384. The molecule has 0 saturated heterocycles. The van der Waals surface area contributed by atoms with Crippen molar-refractivity contribution in [1.82, 2.24) is 9.78 Å². The third-order valence-electron chi connectivity index (χ3n) is 3.49. The van der Waals surface area contributed by atoms with E-state index < -0.39 is 10.9 Å².